The molecule has 0 aromatic carbocycles. The molecule has 8 aliphatic rings. The van der Waals surface area contributed by atoms with E-state index in [-0.39, 0.29) is 24.6 Å². The Bertz CT molecular complexity index is 806. The first kappa shape index (κ1) is 23.2. The van der Waals surface area contributed by atoms with E-state index in [1.807, 2.05) is 0 Å². The molecule has 8 saturated carbocycles. The van der Waals surface area contributed by atoms with Gasteiger partial charge in [-0.3, -0.25) is 4.79 Å². The van der Waals surface area contributed by atoms with Crippen LogP contribution in [-0.2, 0) is 23.8 Å². The van der Waals surface area contributed by atoms with Gasteiger partial charge in [-0.2, -0.15) is 8.78 Å². The lowest BCUT2D eigenvalue weighted by molar-refractivity contribution is -0.238. The highest BCUT2D eigenvalue weighted by Crippen LogP contribution is 2.65. The van der Waals surface area contributed by atoms with Crippen molar-refractivity contribution in [3.05, 3.63) is 0 Å². The molecule has 0 saturated heterocycles. The summed E-state index contributed by atoms with van der Waals surface area (Å²) in [6, 6.07) is 0. The van der Waals surface area contributed by atoms with Gasteiger partial charge in [0, 0.05) is 18.8 Å². The molecule has 0 amide bonds. The van der Waals surface area contributed by atoms with Gasteiger partial charge in [-0.25, -0.2) is 4.79 Å². The first-order valence-electron chi connectivity index (χ1n) is 13.4. The van der Waals surface area contributed by atoms with Crippen molar-refractivity contribution in [3.63, 3.8) is 0 Å². The van der Waals surface area contributed by atoms with Gasteiger partial charge in [-0.05, 0) is 107 Å². The molecular weight excluding hydrogens is 442 g/mol. The Hall–Kier alpha value is -1.24. The van der Waals surface area contributed by atoms with Crippen molar-refractivity contribution in [1.82, 2.24) is 0 Å². The molecular formula is C27H38F2O5. The van der Waals surface area contributed by atoms with E-state index in [9.17, 15) is 18.4 Å². The molecule has 2 unspecified atom stereocenters. The van der Waals surface area contributed by atoms with Crippen LogP contribution in [0, 0.1) is 52.8 Å². The third-order valence-corrected chi connectivity index (χ3v) is 10.9. The molecule has 190 valence electrons. The number of alkyl halides is 2. The molecule has 5 nitrogen and oxygen atoms in total. The maximum Gasteiger partial charge on any atom is 0.377 e. The van der Waals surface area contributed by atoms with Gasteiger partial charge >= 0.3 is 17.9 Å². The van der Waals surface area contributed by atoms with Gasteiger partial charge in [0.05, 0.1) is 12.0 Å². The Labute approximate surface area is 200 Å². The summed E-state index contributed by atoms with van der Waals surface area (Å²) in [6.07, 6.45) is 10.3. The Morgan fingerprint density at radius 1 is 0.882 bits per heavy atom. The molecule has 8 aliphatic carbocycles. The molecule has 8 bridgehead atoms. The summed E-state index contributed by atoms with van der Waals surface area (Å²) in [5.41, 5.74) is -1.53. The summed E-state index contributed by atoms with van der Waals surface area (Å²) < 4.78 is 44.2. The molecule has 0 aromatic heterocycles. The lowest BCUT2D eigenvalue weighted by Crippen LogP contribution is -2.63. The molecule has 8 fully saturated rings. The second kappa shape index (κ2) is 7.88. The first-order chi connectivity index (χ1) is 16.1. The minimum Gasteiger partial charge on any atom is -0.454 e. The van der Waals surface area contributed by atoms with Crippen LogP contribution < -0.4 is 0 Å². The highest BCUT2D eigenvalue weighted by Gasteiger charge is 2.65. The van der Waals surface area contributed by atoms with Crippen LogP contribution in [0.5, 0.6) is 0 Å². The third-order valence-electron chi connectivity index (χ3n) is 10.9. The van der Waals surface area contributed by atoms with Crippen molar-refractivity contribution < 1.29 is 32.6 Å². The van der Waals surface area contributed by atoms with Crippen molar-refractivity contribution in [2.75, 3.05) is 13.4 Å². The largest absolute Gasteiger partial charge is 0.454 e. The highest BCUT2D eigenvalue weighted by atomic mass is 19.3. The maximum atomic E-state index is 13.5. The first-order valence-corrected chi connectivity index (χ1v) is 13.4. The topological polar surface area (TPSA) is 61.8 Å². The Morgan fingerprint density at radius 2 is 1.47 bits per heavy atom. The molecule has 0 aliphatic heterocycles. The number of ether oxygens (including phenoxy) is 3. The molecule has 0 radical (unpaired) electrons. The van der Waals surface area contributed by atoms with E-state index in [0.717, 1.165) is 42.9 Å². The van der Waals surface area contributed by atoms with E-state index >= 15 is 0 Å². The zero-order chi connectivity index (χ0) is 23.9. The van der Waals surface area contributed by atoms with Gasteiger partial charge in [0.25, 0.3) is 0 Å². The molecule has 0 spiro atoms. The molecule has 7 heteroatoms. The zero-order valence-electron chi connectivity index (χ0n) is 20.4. The van der Waals surface area contributed by atoms with Crippen LogP contribution in [0.15, 0.2) is 0 Å². The van der Waals surface area contributed by atoms with Gasteiger partial charge in [0.1, 0.15) is 5.60 Å². The van der Waals surface area contributed by atoms with Gasteiger partial charge < -0.3 is 14.2 Å². The van der Waals surface area contributed by atoms with Gasteiger partial charge in [-0.15, -0.1) is 0 Å². The molecule has 8 rings (SSSR count). The number of halogens is 2. The molecule has 2 atom stereocenters. The van der Waals surface area contributed by atoms with E-state index in [0.29, 0.717) is 38.2 Å². The second-order valence-corrected chi connectivity index (χ2v) is 13.1. The predicted molar refractivity (Wildman–Crippen MR) is 119 cm³/mol. The predicted octanol–water partition coefficient (Wildman–Crippen LogP) is 5.36. The summed E-state index contributed by atoms with van der Waals surface area (Å²) in [7, 11) is 0. The third kappa shape index (κ3) is 3.70. The Kier molecular flexibility index (Phi) is 5.37. The summed E-state index contributed by atoms with van der Waals surface area (Å²) in [5, 5.41) is 0. The normalized spacial score (nSPS) is 48.2. The van der Waals surface area contributed by atoms with E-state index in [4.69, 9.17) is 14.2 Å². The van der Waals surface area contributed by atoms with E-state index in [1.165, 1.54) is 32.1 Å². The van der Waals surface area contributed by atoms with E-state index in [1.54, 1.807) is 6.92 Å². The van der Waals surface area contributed by atoms with Gasteiger partial charge in [-0.1, -0.05) is 0 Å². The van der Waals surface area contributed by atoms with Crippen LogP contribution in [0.4, 0.5) is 8.78 Å². The average molecular weight is 481 g/mol. The fourth-order valence-electron chi connectivity index (χ4n) is 9.64. The molecule has 0 heterocycles. The lowest BCUT2D eigenvalue weighted by Gasteiger charge is -2.62. The van der Waals surface area contributed by atoms with Crippen LogP contribution in [0.3, 0.4) is 0 Å². The number of esters is 2. The van der Waals surface area contributed by atoms with Crippen LogP contribution in [0.25, 0.3) is 0 Å². The van der Waals surface area contributed by atoms with Gasteiger partial charge in [0.15, 0.2) is 6.79 Å². The van der Waals surface area contributed by atoms with Crippen molar-refractivity contribution in [2.24, 2.45) is 52.8 Å². The smallest absolute Gasteiger partial charge is 0.377 e. The quantitative estimate of drug-likeness (QED) is 0.279. The number of carbonyl (C=O) groups is 2. The fourth-order valence-corrected chi connectivity index (χ4v) is 9.64. The Balaban J connectivity index is 1.04. The number of hydrogen-bond acceptors (Lipinski definition) is 5. The van der Waals surface area contributed by atoms with Crippen molar-refractivity contribution in [1.29, 1.82) is 0 Å². The van der Waals surface area contributed by atoms with E-state index in [2.05, 4.69) is 0 Å². The molecule has 34 heavy (non-hydrogen) atoms. The van der Waals surface area contributed by atoms with Crippen LogP contribution >= 0.6 is 0 Å². The summed E-state index contributed by atoms with van der Waals surface area (Å²) in [6.45, 7) is 3.05. The number of carbonyl (C=O) groups excluding carboxylic acids is 2. The zero-order valence-corrected chi connectivity index (χ0v) is 20.4. The minimum atomic E-state index is -3.51. The van der Waals surface area contributed by atoms with Crippen LogP contribution in [0.1, 0.15) is 78.1 Å². The Morgan fingerprint density at radius 3 is 2.03 bits per heavy atom. The van der Waals surface area contributed by atoms with Crippen LogP contribution in [0.2, 0.25) is 0 Å². The minimum absolute atomic E-state index is 0.00229. The lowest BCUT2D eigenvalue weighted by atomic mass is 9.45. The maximum absolute atomic E-state index is 13.5. The summed E-state index contributed by atoms with van der Waals surface area (Å²) in [4.78, 5) is 25.2. The second-order valence-electron chi connectivity index (χ2n) is 13.1. The van der Waals surface area contributed by atoms with Crippen molar-refractivity contribution in [3.8, 4) is 0 Å². The standard InChI is InChI=1S/C27H38F2O5/c1-25(34-23(30)26(2,28)29)20-8-17-9-21(25)12-27(10-17,11-20)24(31)33-14-32-13-22-18-4-15-3-16(6-18)7-19(22)5-15/h15-22H,3-14H2,1-2H3. The van der Waals surface area contributed by atoms with Crippen LogP contribution in [-0.4, -0.2) is 36.9 Å². The van der Waals surface area contributed by atoms with Gasteiger partial charge in [0.2, 0.25) is 0 Å². The fraction of sp³-hybridized carbons (Fsp3) is 0.926. The summed E-state index contributed by atoms with van der Waals surface area (Å²) in [5.74, 6) is -0.977. The summed E-state index contributed by atoms with van der Waals surface area (Å²) >= 11 is 0. The monoisotopic (exact) mass is 480 g/mol. The number of rotatable bonds is 7. The highest BCUT2D eigenvalue weighted by molar-refractivity contribution is 5.79. The average Bonchev–Trinajstić information content (AvgIpc) is 2.75. The van der Waals surface area contributed by atoms with Crippen molar-refractivity contribution >= 4 is 11.9 Å². The van der Waals surface area contributed by atoms with Crippen molar-refractivity contribution in [2.45, 2.75) is 89.6 Å². The van der Waals surface area contributed by atoms with E-state index < -0.39 is 22.9 Å². The molecule has 0 aromatic rings. The SMILES string of the molecule is CC(F)(F)C(=O)OC1(C)C2CC3CC1CC(C(=O)OCOCC1C4CC5CC(C4)CC1C5)(C3)C2. The number of hydrogen-bond donors (Lipinski definition) is 0. The molecule has 0 N–H and O–H groups in total.